The Morgan fingerprint density at radius 2 is 1.96 bits per heavy atom. The molecule has 2 aliphatic rings. The third kappa shape index (κ3) is 3.46. The number of likely N-dealkylation sites (tertiary alicyclic amines) is 1. The second-order valence-electron chi connectivity index (χ2n) is 6.54. The number of rotatable bonds is 5. The molecule has 0 spiro atoms. The van der Waals surface area contributed by atoms with E-state index in [4.69, 9.17) is 9.47 Å². The number of thiophene rings is 1. The molecule has 5 nitrogen and oxygen atoms in total. The zero-order valence-electron chi connectivity index (χ0n) is 14.5. The molecule has 1 amide bonds. The molecule has 0 aliphatic carbocycles. The van der Waals surface area contributed by atoms with Crippen molar-refractivity contribution in [1.82, 2.24) is 4.90 Å². The smallest absolute Gasteiger partial charge is 0.223 e. The number of nitrogens with zero attached hydrogens (tertiary/aromatic N) is 1. The first-order valence-electron chi connectivity index (χ1n) is 8.98. The van der Waals surface area contributed by atoms with E-state index in [9.17, 15) is 9.59 Å². The minimum Gasteiger partial charge on any atom is -0.486 e. The van der Waals surface area contributed by atoms with E-state index in [0.29, 0.717) is 30.3 Å². The minimum atomic E-state index is -0.0396. The second kappa shape index (κ2) is 7.50. The molecular formula is C20H21NO4S. The van der Waals surface area contributed by atoms with Crippen LogP contribution in [0.4, 0.5) is 0 Å². The Kier molecular flexibility index (Phi) is 4.93. The highest BCUT2D eigenvalue weighted by molar-refractivity contribution is 7.10. The number of benzene rings is 1. The molecule has 1 saturated heterocycles. The Morgan fingerprint density at radius 3 is 2.77 bits per heavy atom. The second-order valence-corrected chi connectivity index (χ2v) is 7.52. The van der Waals surface area contributed by atoms with E-state index in [1.54, 1.807) is 29.5 Å². The molecular weight excluding hydrogens is 350 g/mol. The summed E-state index contributed by atoms with van der Waals surface area (Å²) in [4.78, 5) is 28.3. The lowest BCUT2D eigenvalue weighted by Gasteiger charge is -2.24. The first-order chi connectivity index (χ1) is 12.7. The molecule has 136 valence electrons. The van der Waals surface area contributed by atoms with Crippen molar-refractivity contribution in [2.45, 2.75) is 31.7 Å². The van der Waals surface area contributed by atoms with Gasteiger partial charge in [-0.25, -0.2) is 0 Å². The summed E-state index contributed by atoms with van der Waals surface area (Å²) >= 11 is 1.69. The van der Waals surface area contributed by atoms with Crippen LogP contribution in [-0.4, -0.2) is 36.3 Å². The fourth-order valence-corrected chi connectivity index (χ4v) is 4.44. The van der Waals surface area contributed by atoms with Gasteiger partial charge in [-0.05, 0) is 42.5 Å². The lowest BCUT2D eigenvalue weighted by atomic mass is 10.0. The number of amides is 1. The summed E-state index contributed by atoms with van der Waals surface area (Å²) in [6.45, 7) is 1.79. The molecule has 3 heterocycles. The van der Waals surface area contributed by atoms with Crippen molar-refractivity contribution < 1.29 is 19.1 Å². The van der Waals surface area contributed by atoms with Gasteiger partial charge >= 0.3 is 0 Å². The number of hydrogen-bond acceptors (Lipinski definition) is 5. The molecule has 1 aromatic heterocycles. The maximum absolute atomic E-state index is 12.7. The first kappa shape index (κ1) is 17.1. The number of carbonyl (C=O) groups excluding carboxylic acids is 2. The van der Waals surface area contributed by atoms with Crippen molar-refractivity contribution >= 4 is 23.0 Å². The summed E-state index contributed by atoms with van der Waals surface area (Å²) in [5.74, 6) is 1.29. The highest BCUT2D eigenvalue weighted by atomic mass is 32.1. The van der Waals surface area contributed by atoms with Gasteiger partial charge in [0.2, 0.25) is 5.91 Å². The fraction of sp³-hybridized carbons (Fsp3) is 0.400. The standard InChI is InChI=1S/C20H21NO4S/c22-16(14-5-7-17-18(13-14)25-11-10-24-17)6-8-20(23)21-9-1-3-15(21)19-4-2-12-26-19/h2,4-5,7,12-13,15H,1,3,6,8-11H2. The lowest BCUT2D eigenvalue weighted by Crippen LogP contribution is -2.30. The van der Waals surface area contributed by atoms with Crippen LogP contribution in [0.2, 0.25) is 0 Å². The van der Waals surface area contributed by atoms with Crippen LogP contribution >= 0.6 is 11.3 Å². The van der Waals surface area contributed by atoms with Crippen molar-refractivity contribution in [2.24, 2.45) is 0 Å². The topological polar surface area (TPSA) is 55.8 Å². The van der Waals surface area contributed by atoms with Crippen LogP contribution in [-0.2, 0) is 4.79 Å². The molecule has 0 radical (unpaired) electrons. The van der Waals surface area contributed by atoms with Crippen LogP contribution in [0.15, 0.2) is 35.7 Å². The Morgan fingerprint density at radius 1 is 1.12 bits per heavy atom. The van der Waals surface area contributed by atoms with Crippen molar-refractivity contribution in [3.63, 3.8) is 0 Å². The zero-order valence-corrected chi connectivity index (χ0v) is 15.3. The van der Waals surface area contributed by atoms with E-state index in [2.05, 4.69) is 6.07 Å². The molecule has 1 unspecified atom stereocenters. The highest BCUT2D eigenvalue weighted by Gasteiger charge is 2.30. The molecule has 4 rings (SSSR count). The van der Waals surface area contributed by atoms with Crippen molar-refractivity contribution in [1.29, 1.82) is 0 Å². The summed E-state index contributed by atoms with van der Waals surface area (Å²) in [6.07, 6.45) is 2.48. The molecule has 1 atom stereocenters. The van der Waals surface area contributed by atoms with Crippen molar-refractivity contribution in [3.05, 3.63) is 46.2 Å². The molecule has 0 N–H and O–H groups in total. The molecule has 0 saturated carbocycles. The number of carbonyl (C=O) groups is 2. The van der Waals surface area contributed by atoms with Gasteiger partial charge in [0.15, 0.2) is 17.3 Å². The fourth-order valence-electron chi connectivity index (χ4n) is 3.57. The van der Waals surface area contributed by atoms with Gasteiger partial charge in [0, 0.05) is 29.8 Å². The summed E-state index contributed by atoms with van der Waals surface area (Å²) in [5.41, 5.74) is 0.568. The van der Waals surface area contributed by atoms with Gasteiger partial charge in [-0.2, -0.15) is 0 Å². The van der Waals surface area contributed by atoms with E-state index in [1.165, 1.54) is 4.88 Å². The van der Waals surface area contributed by atoms with Crippen LogP contribution in [0.25, 0.3) is 0 Å². The van der Waals surface area contributed by atoms with Gasteiger partial charge in [-0.3, -0.25) is 9.59 Å². The van der Waals surface area contributed by atoms with E-state index < -0.39 is 0 Å². The zero-order chi connectivity index (χ0) is 17.9. The minimum absolute atomic E-state index is 0.0396. The monoisotopic (exact) mass is 371 g/mol. The molecule has 2 aliphatic heterocycles. The number of fused-ring (bicyclic) bond motifs is 1. The average Bonchev–Trinajstić information content (AvgIpc) is 3.36. The molecule has 1 aromatic carbocycles. The summed E-state index contributed by atoms with van der Waals surface area (Å²) in [6, 6.07) is 9.49. The predicted molar refractivity (Wildman–Crippen MR) is 99.0 cm³/mol. The lowest BCUT2D eigenvalue weighted by molar-refractivity contribution is -0.132. The molecule has 0 bridgehead atoms. The Hall–Kier alpha value is -2.34. The number of hydrogen-bond donors (Lipinski definition) is 0. The third-order valence-electron chi connectivity index (χ3n) is 4.87. The predicted octanol–water partition coefficient (Wildman–Crippen LogP) is 3.85. The van der Waals surface area contributed by atoms with Crippen LogP contribution < -0.4 is 9.47 Å². The largest absolute Gasteiger partial charge is 0.486 e. The number of ether oxygens (including phenoxy) is 2. The van der Waals surface area contributed by atoms with Crippen LogP contribution in [0.3, 0.4) is 0 Å². The molecule has 2 aromatic rings. The Bertz CT molecular complexity index is 802. The Labute approximate surface area is 156 Å². The Balaban J connectivity index is 1.37. The van der Waals surface area contributed by atoms with E-state index >= 15 is 0 Å². The van der Waals surface area contributed by atoms with Gasteiger partial charge in [-0.15, -0.1) is 11.3 Å². The van der Waals surface area contributed by atoms with Gasteiger partial charge < -0.3 is 14.4 Å². The van der Waals surface area contributed by atoms with Crippen LogP contribution in [0.5, 0.6) is 11.5 Å². The molecule has 1 fully saturated rings. The average molecular weight is 371 g/mol. The number of ketones is 1. The maximum atomic E-state index is 12.7. The maximum Gasteiger partial charge on any atom is 0.223 e. The van der Waals surface area contributed by atoms with Crippen LogP contribution in [0.1, 0.15) is 47.0 Å². The van der Waals surface area contributed by atoms with E-state index in [0.717, 1.165) is 19.4 Å². The molecule has 26 heavy (non-hydrogen) atoms. The van der Waals surface area contributed by atoms with Crippen LogP contribution in [0, 0.1) is 0 Å². The quantitative estimate of drug-likeness (QED) is 0.749. The normalized spacial score (nSPS) is 18.8. The highest BCUT2D eigenvalue weighted by Crippen LogP contribution is 2.35. The van der Waals surface area contributed by atoms with Crippen molar-refractivity contribution in [3.8, 4) is 11.5 Å². The van der Waals surface area contributed by atoms with Gasteiger partial charge in [0.1, 0.15) is 13.2 Å². The van der Waals surface area contributed by atoms with E-state index in [-0.39, 0.29) is 30.6 Å². The molecule has 6 heteroatoms. The third-order valence-corrected chi connectivity index (χ3v) is 5.85. The first-order valence-corrected chi connectivity index (χ1v) is 9.86. The van der Waals surface area contributed by atoms with E-state index in [1.807, 2.05) is 16.3 Å². The SMILES string of the molecule is O=C(CCC(=O)N1CCCC1c1cccs1)c1ccc2c(c1)OCCO2. The van der Waals surface area contributed by atoms with Gasteiger partial charge in [-0.1, -0.05) is 6.07 Å². The van der Waals surface area contributed by atoms with Gasteiger partial charge in [0.25, 0.3) is 0 Å². The number of Topliss-reactive ketones (excluding diaryl/α,β-unsaturated/α-hetero) is 1. The van der Waals surface area contributed by atoms with Crippen molar-refractivity contribution in [2.75, 3.05) is 19.8 Å². The summed E-state index contributed by atoms with van der Waals surface area (Å²) < 4.78 is 11.0. The summed E-state index contributed by atoms with van der Waals surface area (Å²) in [7, 11) is 0. The van der Waals surface area contributed by atoms with Gasteiger partial charge in [0.05, 0.1) is 6.04 Å². The summed E-state index contributed by atoms with van der Waals surface area (Å²) in [5, 5.41) is 2.04.